The first-order valence-corrected chi connectivity index (χ1v) is 6.13. The summed E-state index contributed by atoms with van der Waals surface area (Å²) in [5.41, 5.74) is 0.835. The van der Waals surface area contributed by atoms with Crippen LogP contribution in [0.4, 0.5) is 0 Å². The Hall–Kier alpha value is 0.0774. The predicted octanol–water partition coefficient (Wildman–Crippen LogP) is -1.62. The van der Waals surface area contributed by atoms with Crippen molar-refractivity contribution in [2.75, 3.05) is 0 Å². The molecule has 0 N–H and O–H groups in total. The topological polar surface area (TPSA) is 57.2 Å². The van der Waals surface area contributed by atoms with Gasteiger partial charge in [0.25, 0.3) is 0 Å². The van der Waals surface area contributed by atoms with Gasteiger partial charge in [0.1, 0.15) is 9.15 Å². The summed E-state index contributed by atoms with van der Waals surface area (Å²) in [5, 5.41) is 0. The van der Waals surface area contributed by atoms with E-state index < -0.39 is 9.15 Å². The molecular weight excluding hydrogens is 203 g/mol. The van der Waals surface area contributed by atoms with Gasteiger partial charge in [-0.25, -0.2) is 8.42 Å². The maximum absolute atomic E-state index is 10.2. The van der Waals surface area contributed by atoms with Crippen LogP contribution in [0.5, 0.6) is 0 Å². The number of hydrogen-bond acceptors (Lipinski definition) is 4. The van der Waals surface area contributed by atoms with E-state index in [2.05, 4.69) is 0 Å². The molecule has 0 radical (unpaired) electrons. The minimum Gasteiger partial charge on any atom is -0.739 e. The van der Waals surface area contributed by atoms with Crippen molar-refractivity contribution in [2.45, 2.75) is 5.75 Å². The van der Waals surface area contributed by atoms with Gasteiger partial charge in [-0.15, -0.1) is 0 Å². The van der Waals surface area contributed by atoms with Crippen LogP contribution in [0.2, 0.25) is 0 Å². The zero-order chi connectivity index (χ0) is 9.03. The molecule has 0 saturated carbocycles. The maximum atomic E-state index is 10.2. The normalized spacial score (nSPS) is 10.5. The summed E-state index contributed by atoms with van der Waals surface area (Å²) in [6.07, 6.45) is 0. The summed E-state index contributed by atoms with van der Waals surface area (Å²) < 4.78 is 30.6. The summed E-state index contributed by atoms with van der Waals surface area (Å²) in [6, 6.07) is 8.98. The minimum absolute atomic E-state index is 0. The first-order valence-electron chi connectivity index (χ1n) is 3.22. The molecule has 0 saturated heterocycles. The van der Waals surface area contributed by atoms with Gasteiger partial charge in [-0.05, 0) is 16.4 Å². The fourth-order valence-corrected chi connectivity index (χ4v) is 2.03. The minimum atomic E-state index is -4.16. The van der Waals surface area contributed by atoms with Crippen molar-refractivity contribution < 1.29 is 31.8 Å². The summed E-state index contributed by atoms with van der Waals surface area (Å²) in [4.78, 5) is 0. The molecule has 0 unspecified atom stereocenters. The molecule has 0 aliphatic rings. The molecule has 3 nitrogen and oxygen atoms in total. The van der Waals surface area contributed by atoms with E-state index in [0.717, 1.165) is 5.56 Å². The average Bonchev–Trinajstić information content (AvgIpc) is 2.02. The third-order valence-electron chi connectivity index (χ3n) is 1.21. The Bertz CT molecular complexity index is 336. The van der Waals surface area contributed by atoms with Gasteiger partial charge < -0.3 is 4.55 Å². The van der Waals surface area contributed by atoms with Crippen molar-refractivity contribution in [3.8, 4) is 0 Å². The molecule has 0 atom stereocenters. The van der Waals surface area contributed by atoms with Crippen LogP contribution >= 0.6 is 10.8 Å². The molecule has 1 aromatic rings. The van der Waals surface area contributed by atoms with Gasteiger partial charge in [-0.3, -0.25) is 0 Å². The molecule has 1 aromatic carbocycles. The molecule has 6 heteroatoms. The van der Waals surface area contributed by atoms with E-state index in [9.17, 15) is 13.0 Å². The number of benzene rings is 1. The average molecular weight is 210 g/mol. The molecule has 0 aliphatic carbocycles. The SMILES string of the molecule is O=S(=O)([O-])SCc1ccccc1.[Li+]. The summed E-state index contributed by atoms with van der Waals surface area (Å²) in [6.45, 7) is 0. The molecule has 0 aliphatic heterocycles. The smallest absolute Gasteiger partial charge is 0.739 e. The van der Waals surface area contributed by atoms with Gasteiger partial charge >= 0.3 is 18.9 Å². The molecule has 13 heavy (non-hydrogen) atoms. The summed E-state index contributed by atoms with van der Waals surface area (Å²) >= 11 is 0. The maximum Gasteiger partial charge on any atom is 1.00 e. The molecule has 0 aromatic heterocycles. The van der Waals surface area contributed by atoms with Crippen LogP contribution in [-0.4, -0.2) is 13.0 Å². The van der Waals surface area contributed by atoms with E-state index in [1.165, 1.54) is 0 Å². The van der Waals surface area contributed by atoms with E-state index in [-0.39, 0.29) is 24.6 Å². The molecule has 1 rings (SSSR count). The Balaban J connectivity index is 0.00000144. The van der Waals surface area contributed by atoms with E-state index in [1.807, 2.05) is 6.07 Å². The fourth-order valence-electron chi connectivity index (χ4n) is 0.714. The molecule has 0 fully saturated rings. The van der Waals surface area contributed by atoms with Crippen molar-refractivity contribution in [1.29, 1.82) is 0 Å². The fraction of sp³-hybridized carbons (Fsp3) is 0.143. The Labute approximate surface area is 93.2 Å². The van der Waals surface area contributed by atoms with E-state index in [1.54, 1.807) is 24.3 Å². The first kappa shape index (κ1) is 13.1. The van der Waals surface area contributed by atoms with Crippen molar-refractivity contribution in [3.05, 3.63) is 35.9 Å². The number of rotatable bonds is 3. The molecule has 0 heterocycles. The second-order valence-electron chi connectivity index (χ2n) is 2.16. The van der Waals surface area contributed by atoms with Crippen LogP contribution in [0.3, 0.4) is 0 Å². The first-order chi connectivity index (χ1) is 5.58. The molecular formula is C7H7LiO3S2. The Morgan fingerprint density at radius 2 is 1.77 bits per heavy atom. The van der Waals surface area contributed by atoms with Crippen LogP contribution in [-0.2, 0) is 14.9 Å². The second-order valence-corrected chi connectivity index (χ2v) is 5.43. The third kappa shape index (κ3) is 6.19. The molecule has 0 amide bonds. The largest absolute Gasteiger partial charge is 1.00 e. The second kappa shape index (κ2) is 5.73. The van der Waals surface area contributed by atoms with Gasteiger partial charge in [0, 0.05) is 5.75 Å². The van der Waals surface area contributed by atoms with Crippen LogP contribution < -0.4 is 18.9 Å². The van der Waals surface area contributed by atoms with E-state index in [0.29, 0.717) is 10.8 Å². The van der Waals surface area contributed by atoms with Gasteiger partial charge in [0.2, 0.25) is 0 Å². The standard InChI is InChI=1S/C7H8O3S2.Li/c8-12(9,10)11-6-7-4-2-1-3-5-7;/h1-5H,6H2,(H,8,9,10);/q;+1/p-1. The van der Waals surface area contributed by atoms with Crippen LogP contribution in [0.15, 0.2) is 30.3 Å². The Kier molecular flexibility index (Phi) is 5.77. The Morgan fingerprint density at radius 1 is 1.23 bits per heavy atom. The quantitative estimate of drug-likeness (QED) is 0.342. The summed E-state index contributed by atoms with van der Waals surface area (Å²) in [5.74, 6) is 0.215. The van der Waals surface area contributed by atoms with Gasteiger partial charge in [-0.2, -0.15) is 0 Å². The van der Waals surface area contributed by atoms with E-state index in [4.69, 9.17) is 0 Å². The van der Waals surface area contributed by atoms with Crippen molar-refractivity contribution >= 4 is 19.9 Å². The van der Waals surface area contributed by atoms with Crippen molar-refractivity contribution in [1.82, 2.24) is 0 Å². The van der Waals surface area contributed by atoms with Crippen molar-refractivity contribution in [3.63, 3.8) is 0 Å². The summed E-state index contributed by atoms with van der Waals surface area (Å²) in [7, 11) is -3.75. The monoisotopic (exact) mass is 210 g/mol. The zero-order valence-corrected chi connectivity index (χ0v) is 8.77. The Morgan fingerprint density at radius 3 is 2.23 bits per heavy atom. The van der Waals surface area contributed by atoms with Crippen LogP contribution in [0.25, 0.3) is 0 Å². The van der Waals surface area contributed by atoms with E-state index >= 15 is 0 Å². The van der Waals surface area contributed by atoms with Crippen LogP contribution in [0.1, 0.15) is 5.56 Å². The van der Waals surface area contributed by atoms with Crippen LogP contribution in [0, 0.1) is 0 Å². The zero-order valence-electron chi connectivity index (χ0n) is 7.14. The molecule has 66 valence electrons. The third-order valence-corrected chi connectivity index (χ3v) is 3.17. The molecule has 0 bridgehead atoms. The predicted molar refractivity (Wildman–Crippen MR) is 47.4 cm³/mol. The van der Waals surface area contributed by atoms with Gasteiger partial charge in [0.05, 0.1) is 0 Å². The molecule has 0 spiro atoms. The van der Waals surface area contributed by atoms with Gasteiger partial charge in [0.15, 0.2) is 0 Å². The van der Waals surface area contributed by atoms with Gasteiger partial charge in [-0.1, -0.05) is 30.3 Å². The van der Waals surface area contributed by atoms with Crippen molar-refractivity contribution in [2.24, 2.45) is 0 Å². The number of hydrogen-bond donors (Lipinski definition) is 0.